The number of aromatic nitrogens is 1. The minimum Gasteiger partial charge on any atom is -0.343 e. The number of rotatable bonds is 4. The lowest BCUT2D eigenvalue weighted by atomic mass is 10.1. The van der Waals surface area contributed by atoms with Crippen molar-refractivity contribution in [2.75, 3.05) is 0 Å². The number of nitrogens with one attached hydrogen (secondary N) is 1. The molecule has 0 spiro atoms. The quantitative estimate of drug-likeness (QED) is 0.694. The maximum absolute atomic E-state index is 6.22. The van der Waals surface area contributed by atoms with Crippen molar-refractivity contribution in [3.8, 4) is 0 Å². The minimum absolute atomic E-state index is 0.0975. The van der Waals surface area contributed by atoms with E-state index >= 15 is 0 Å². The van der Waals surface area contributed by atoms with Crippen LogP contribution in [0.1, 0.15) is 31.9 Å². The summed E-state index contributed by atoms with van der Waals surface area (Å²) in [5.74, 6) is 0. The highest BCUT2D eigenvalue weighted by atomic mass is 35.5. The molecule has 1 heterocycles. The van der Waals surface area contributed by atoms with Crippen LogP contribution in [0.5, 0.6) is 0 Å². The molecule has 3 heteroatoms. The maximum atomic E-state index is 6.22. The Balaban J connectivity index is 1.98. The number of halogens is 1. The Bertz CT molecular complexity index is 798. The predicted octanol–water partition coefficient (Wildman–Crippen LogP) is 5.23. The molecule has 0 aliphatic rings. The first-order chi connectivity index (χ1) is 10.9. The van der Waals surface area contributed by atoms with Crippen LogP contribution in [0.15, 0.2) is 54.7 Å². The highest BCUT2D eigenvalue weighted by Crippen LogP contribution is 2.26. The molecule has 3 rings (SSSR count). The van der Waals surface area contributed by atoms with Gasteiger partial charge in [-0.2, -0.15) is 0 Å². The van der Waals surface area contributed by atoms with Crippen LogP contribution in [0.2, 0.25) is 5.02 Å². The first-order valence-corrected chi connectivity index (χ1v) is 8.36. The first kappa shape index (κ1) is 16.1. The molecule has 0 fully saturated rings. The van der Waals surface area contributed by atoms with Crippen molar-refractivity contribution < 1.29 is 0 Å². The van der Waals surface area contributed by atoms with Gasteiger partial charge in [-0.3, -0.25) is 0 Å². The molecular weight excluding hydrogens is 304 g/mol. The van der Waals surface area contributed by atoms with Gasteiger partial charge in [-0.1, -0.05) is 48.0 Å². The van der Waals surface area contributed by atoms with Gasteiger partial charge in [0.05, 0.1) is 5.52 Å². The van der Waals surface area contributed by atoms with E-state index in [0.717, 1.165) is 18.1 Å². The zero-order valence-corrected chi connectivity index (χ0v) is 14.7. The molecule has 0 radical (unpaired) electrons. The number of benzene rings is 2. The first-order valence-electron chi connectivity index (χ1n) is 7.99. The molecule has 0 bridgehead atoms. The van der Waals surface area contributed by atoms with Gasteiger partial charge in [-0.15, -0.1) is 0 Å². The average molecular weight is 327 g/mol. The Morgan fingerprint density at radius 2 is 1.78 bits per heavy atom. The Kier molecular flexibility index (Phi) is 4.47. The Morgan fingerprint density at radius 1 is 1.04 bits per heavy atom. The van der Waals surface area contributed by atoms with Crippen molar-refractivity contribution in [2.24, 2.45) is 0 Å². The monoisotopic (exact) mass is 326 g/mol. The Morgan fingerprint density at radius 3 is 2.48 bits per heavy atom. The SMILES string of the molecule is CC(C)(C)NCc1cn(Cc2ccccc2)c2cc(Cl)ccc12. The molecule has 0 saturated heterocycles. The van der Waals surface area contributed by atoms with E-state index in [-0.39, 0.29) is 5.54 Å². The fraction of sp³-hybridized carbons (Fsp3) is 0.300. The minimum atomic E-state index is 0.0975. The van der Waals surface area contributed by atoms with Gasteiger partial charge < -0.3 is 9.88 Å². The fourth-order valence-electron chi connectivity index (χ4n) is 2.75. The second-order valence-corrected chi connectivity index (χ2v) is 7.47. The highest BCUT2D eigenvalue weighted by Gasteiger charge is 2.13. The molecule has 0 aliphatic heterocycles. The van der Waals surface area contributed by atoms with E-state index in [1.165, 1.54) is 22.0 Å². The van der Waals surface area contributed by atoms with Crippen LogP contribution in [0.4, 0.5) is 0 Å². The zero-order valence-electron chi connectivity index (χ0n) is 13.9. The molecule has 1 N–H and O–H groups in total. The summed E-state index contributed by atoms with van der Waals surface area (Å²) in [5.41, 5.74) is 3.88. The van der Waals surface area contributed by atoms with Gasteiger partial charge in [-0.25, -0.2) is 0 Å². The summed E-state index contributed by atoms with van der Waals surface area (Å²) in [6.07, 6.45) is 2.24. The summed E-state index contributed by atoms with van der Waals surface area (Å²) in [6.45, 7) is 8.27. The van der Waals surface area contributed by atoms with Crippen LogP contribution in [0, 0.1) is 0 Å². The molecule has 2 nitrogen and oxygen atoms in total. The van der Waals surface area contributed by atoms with Crippen LogP contribution in [-0.4, -0.2) is 10.1 Å². The molecule has 0 aliphatic carbocycles. The highest BCUT2D eigenvalue weighted by molar-refractivity contribution is 6.31. The molecule has 3 aromatic rings. The normalized spacial score (nSPS) is 12.0. The van der Waals surface area contributed by atoms with E-state index in [1.807, 2.05) is 12.1 Å². The molecule has 120 valence electrons. The number of fused-ring (bicyclic) bond motifs is 1. The van der Waals surface area contributed by atoms with Crippen molar-refractivity contribution in [2.45, 2.75) is 39.4 Å². The third-order valence-electron chi connectivity index (χ3n) is 3.93. The Labute approximate surface area is 143 Å². The predicted molar refractivity (Wildman–Crippen MR) is 99.1 cm³/mol. The number of hydrogen-bond donors (Lipinski definition) is 1. The van der Waals surface area contributed by atoms with Crippen molar-refractivity contribution in [3.63, 3.8) is 0 Å². The molecular formula is C20H23ClN2. The zero-order chi connectivity index (χ0) is 16.4. The van der Waals surface area contributed by atoms with Crippen molar-refractivity contribution in [1.82, 2.24) is 9.88 Å². The van der Waals surface area contributed by atoms with E-state index in [0.29, 0.717) is 0 Å². The second-order valence-electron chi connectivity index (χ2n) is 7.03. The third-order valence-corrected chi connectivity index (χ3v) is 4.17. The van der Waals surface area contributed by atoms with Gasteiger partial charge in [0.15, 0.2) is 0 Å². The second kappa shape index (κ2) is 6.38. The van der Waals surface area contributed by atoms with Crippen LogP contribution < -0.4 is 5.32 Å². The lowest BCUT2D eigenvalue weighted by Crippen LogP contribution is -2.34. The number of nitrogens with zero attached hydrogens (tertiary/aromatic N) is 1. The van der Waals surface area contributed by atoms with Gasteiger partial charge in [0.1, 0.15) is 0 Å². The smallest absolute Gasteiger partial charge is 0.0501 e. The summed E-state index contributed by atoms with van der Waals surface area (Å²) < 4.78 is 2.29. The third kappa shape index (κ3) is 3.95. The summed E-state index contributed by atoms with van der Waals surface area (Å²) in [5, 5.41) is 5.62. The summed E-state index contributed by atoms with van der Waals surface area (Å²) in [4.78, 5) is 0. The lowest BCUT2D eigenvalue weighted by molar-refractivity contribution is 0.425. The summed E-state index contributed by atoms with van der Waals surface area (Å²) >= 11 is 6.22. The van der Waals surface area contributed by atoms with E-state index in [1.54, 1.807) is 0 Å². The van der Waals surface area contributed by atoms with Crippen LogP contribution in [0.25, 0.3) is 10.9 Å². The Hall–Kier alpha value is -1.77. The van der Waals surface area contributed by atoms with Crippen LogP contribution in [0.3, 0.4) is 0 Å². The number of hydrogen-bond acceptors (Lipinski definition) is 1. The molecule has 0 unspecified atom stereocenters. The van der Waals surface area contributed by atoms with Gasteiger partial charge in [0.25, 0.3) is 0 Å². The molecule has 23 heavy (non-hydrogen) atoms. The molecule has 0 saturated carbocycles. The van der Waals surface area contributed by atoms with Gasteiger partial charge >= 0.3 is 0 Å². The lowest BCUT2D eigenvalue weighted by Gasteiger charge is -2.20. The molecule has 0 atom stereocenters. The largest absolute Gasteiger partial charge is 0.343 e. The van der Waals surface area contributed by atoms with Gasteiger partial charge in [0.2, 0.25) is 0 Å². The van der Waals surface area contributed by atoms with E-state index in [4.69, 9.17) is 11.6 Å². The molecule has 1 aromatic heterocycles. The van der Waals surface area contributed by atoms with Crippen molar-refractivity contribution >= 4 is 22.5 Å². The standard InChI is InChI=1S/C20H23ClN2/c1-20(2,3)22-12-16-14-23(13-15-7-5-4-6-8-15)19-11-17(21)9-10-18(16)19/h4-11,14,22H,12-13H2,1-3H3. The molecule has 0 amide bonds. The van der Waals surface area contributed by atoms with Crippen LogP contribution >= 0.6 is 11.6 Å². The van der Waals surface area contributed by atoms with Crippen LogP contribution in [-0.2, 0) is 13.1 Å². The van der Waals surface area contributed by atoms with E-state index in [9.17, 15) is 0 Å². The summed E-state index contributed by atoms with van der Waals surface area (Å²) in [7, 11) is 0. The fourth-order valence-corrected chi connectivity index (χ4v) is 2.92. The molecule has 2 aromatic carbocycles. The van der Waals surface area contributed by atoms with Gasteiger partial charge in [0, 0.05) is 35.2 Å². The average Bonchev–Trinajstić information content (AvgIpc) is 2.83. The maximum Gasteiger partial charge on any atom is 0.0501 e. The van der Waals surface area contributed by atoms with E-state index in [2.05, 4.69) is 73.3 Å². The summed E-state index contributed by atoms with van der Waals surface area (Å²) in [6, 6.07) is 16.7. The van der Waals surface area contributed by atoms with E-state index < -0.39 is 0 Å². The van der Waals surface area contributed by atoms with Crippen molar-refractivity contribution in [3.05, 3.63) is 70.9 Å². The topological polar surface area (TPSA) is 17.0 Å². The van der Waals surface area contributed by atoms with Gasteiger partial charge in [-0.05, 0) is 44.0 Å². The van der Waals surface area contributed by atoms with Crippen molar-refractivity contribution in [1.29, 1.82) is 0 Å².